The molecule has 2 rings (SSSR count). The largest absolute Gasteiger partial charge is 0.477 e. The van der Waals surface area contributed by atoms with Crippen LogP contribution < -0.4 is 4.74 Å². The molecule has 0 aliphatic carbocycles. The lowest BCUT2D eigenvalue weighted by molar-refractivity contribution is -0.385. The van der Waals surface area contributed by atoms with Crippen molar-refractivity contribution < 1.29 is 14.5 Å². The Bertz CT molecular complexity index is 544. The van der Waals surface area contributed by atoms with Crippen molar-refractivity contribution in [3.05, 3.63) is 33.9 Å². The van der Waals surface area contributed by atoms with Gasteiger partial charge in [-0.05, 0) is 37.3 Å². The van der Waals surface area contributed by atoms with Crippen LogP contribution in [0.3, 0.4) is 0 Å². The smallest absolute Gasteiger partial charge is 0.311 e. The van der Waals surface area contributed by atoms with Gasteiger partial charge in [0, 0.05) is 19.2 Å². The highest BCUT2D eigenvalue weighted by atomic mass is 16.6. The molecule has 1 aromatic carbocycles. The maximum Gasteiger partial charge on any atom is 0.311 e. The second-order valence-electron chi connectivity index (χ2n) is 5.60. The molecule has 0 radical (unpaired) electrons. The SMILES string of the molecule is Cc1ccc(OCC(=O)N2CCCC(C)C2)c([N+](=O)[O-])c1. The molecule has 1 aromatic rings. The van der Waals surface area contributed by atoms with E-state index in [4.69, 9.17) is 4.74 Å². The molecule has 1 aliphatic rings. The molecule has 0 bridgehead atoms. The van der Waals surface area contributed by atoms with Gasteiger partial charge in [-0.15, -0.1) is 0 Å². The third-order valence-electron chi connectivity index (χ3n) is 3.67. The monoisotopic (exact) mass is 292 g/mol. The average molecular weight is 292 g/mol. The first kappa shape index (κ1) is 15.3. The van der Waals surface area contributed by atoms with Crippen LogP contribution in [-0.2, 0) is 4.79 Å². The molecule has 0 spiro atoms. The molecular formula is C15H20N2O4. The van der Waals surface area contributed by atoms with E-state index in [0.717, 1.165) is 31.5 Å². The summed E-state index contributed by atoms with van der Waals surface area (Å²) in [7, 11) is 0. The van der Waals surface area contributed by atoms with Crippen LogP contribution in [-0.4, -0.2) is 35.4 Å². The third-order valence-corrected chi connectivity index (χ3v) is 3.67. The van der Waals surface area contributed by atoms with E-state index >= 15 is 0 Å². The van der Waals surface area contributed by atoms with E-state index in [1.165, 1.54) is 6.07 Å². The number of carbonyl (C=O) groups is 1. The highest BCUT2D eigenvalue weighted by Gasteiger charge is 2.22. The molecule has 0 N–H and O–H groups in total. The van der Waals surface area contributed by atoms with E-state index in [1.807, 2.05) is 0 Å². The number of amides is 1. The van der Waals surface area contributed by atoms with E-state index in [1.54, 1.807) is 24.0 Å². The molecule has 1 heterocycles. The zero-order valence-electron chi connectivity index (χ0n) is 12.4. The van der Waals surface area contributed by atoms with Gasteiger partial charge in [0.25, 0.3) is 5.91 Å². The number of ether oxygens (including phenoxy) is 1. The second-order valence-corrected chi connectivity index (χ2v) is 5.60. The maximum absolute atomic E-state index is 12.1. The molecule has 1 saturated heterocycles. The van der Waals surface area contributed by atoms with E-state index < -0.39 is 4.92 Å². The lowest BCUT2D eigenvalue weighted by Crippen LogP contribution is -2.41. The number of rotatable bonds is 4. The Kier molecular flexibility index (Phi) is 4.77. The Labute approximate surface area is 123 Å². The highest BCUT2D eigenvalue weighted by Crippen LogP contribution is 2.27. The first-order chi connectivity index (χ1) is 9.97. The Hall–Kier alpha value is -2.11. The summed E-state index contributed by atoms with van der Waals surface area (Å²) in [6.07, 6.45) is 2.13. The number of hydrogen-bond acceptors (Lipinski definition) is 4. The number of aryl methyl sites for hydroxylation is 1. The van der Waals surface area contributed by atoms with Crippen molar-refractivity contribution in [2.24, 2.45) is 5.92 Å². The first-order valence-electron chi connectivity index (χ1n) is 7.13. The fourth-order valence-electron chi connectivity index (χ4n) is 2.54. The van der Waals surface area contributed by atoms with E-state index in [0.29, 0.717) is 5.92 Å². The molecule has 6 heteroatoms. The molecule has 1 amide bonds. The van der Waals surface area contributed by atoms with Crippen LogP contribution in [0.25, 0.3) is 0 Å². The highest BCUT2D eigenvalue weighted by molar-refractivity contribution is 5.78. The number of carbonyl (C=O) groups excluding carboxylic acids is 1. The molecule has 0 aromatic heterocycles. The van der Waals surface area contributed by atoms with Crippen LogP contribution in [0.4, 0.5) is 5.69 Å². The quantitative estimate of drug-likeness (QED) is 0.631. The minimum Gasteiger partial charge on any atom is -0.477 e. The zero-order chi connectivity index (χ0) is 15.4. The van der Waals surface area contributed by atoms with Crippen molar-refractivity contribution in [3.8, 4) is 5.75 Å². The number of likely N-dealkylation sites (tertiary alicyclic amines) is 1. The van der Waals surface area contributed by atoms with Crippen LogP contribution in [0.1, 0.15) is 25.3 Å². The predicted molar refractivity (Wildman–Crippen MR) is 78.3 cm³/mol. The predicted octanol–water partition coefficient (Wildman–Crippen LogP) is 2.54. The summed E-state index contributed by atoms with van der Waals surface area (Å²) in [5.74, 6) is 0.525. The van der Waals surface area contributed by atoms with Gasteiger partial charge < -0.3 is 9.64 Å². The zero-order valence-corrected chi connectivity index (χ0v) is 12.4. The Balaban J connectivity index is 1.99. The van der Waals surface area contributed by atoms with Gasteiger partial charge in [0.05, 0.1) is 4.92 Å². The van der Waals surface area contributed by atoms with Crippen molar-refractivity contribution in [3.63, 3.8) is 0 Å². The fourth-order valence-corrected chi connectivity index (χ4v) is 2.54. The summed E-state index contributed by atoms with van der Waals surface area (Å²) in [5, 5.41) is 11.0. The summed E-state index contributed by atoms with van der Waals surface area (Å²) < 4.78 is 5.37. The molecule has 1 unspecified atom stereocenters. The van der Waals surface area contributed by atoms with Crippen molar-refractivity contribution in [2.75, 3.05) is 19.7 Å². The van der Waals surface area contributed by atoms with Crippen LogP contribution >= 0.6 is 0 Å². The van der Waals surface area contributed by atoms with Crippen molar-refractivity contribution in [2.45, 2.75) is 26.7 Å². The summed E-state index contributed by atoms with van der Waals surface area (Å²) in [6.45, 7) is 5.21. The normalized spacial score (nSPS) is 18.4. The number of nitro benzene ring substituents is 1. The van der Waals surface area contributed by atoms with Gasteiger partial charge in [-0.25, -0.2) is 0 Å². The number of nitro groups is 1. The number of hydrogen-bond donors (Lipinski definition) is 0. The molecule has 21 heavy (non-hydrogen) atoms. The summed E-state index contributed by atoms with van der Waals surface area (Å²) >= 11 is 0. The van der Waals surface area contributed by atoms with Gasteiger partial charge in [0.15, 0.2) is 12.4 Å². The van der Waals surface area contributed by atoms with E-state index in [2.05, 4.69) is 6.92 Å². The minimum absolute atomic E-state index is 0.102. The van der Waals surface area contributed by atoms with Crippen LogP contribution in [0, 0.1) is 23.0 Å². The molecule has 6 nitrogen and oxygen atoms in total. The summed E-state index contributed by atoms with van der Waals surface area (Å²) in [6, 6.07) is 4.72. The Morgan fingerprint density at radius 1 is 1.52 bits per heavy atom. The van der Waals surface area contributed by atoms with Crippen LogP contribution in [0.2, 0.25) is 0 Å². The summed E-state index contributed by atoms with van der Waals surface area (Å²) in [5.41, 5.74) is 0.681. The summed E-state index contributed by atoms with van der Waals surface area (Å²) in [4.78, 5) is 24.4. The van der Waals surface area contributed by atoms with Gasteiger partial charge in [0.1, 0.15) is 0 Å². The average Bonchev–Trinajstić information content (AvgIpc) is 2.45. The molecule has 1 aliphatic heterocycles. The minimum atomic E-state index is -0.490. The van der Waals surface area contributed by atoms with E-state index in [9.17, 15) is 14.9 Å². The topological polar surface area (TPSA) is 72.7 Å². The third kappa shape index (κ3) is 3.93. The number of piperidine rings is 1. The molecular weight excluding hydrogens is 272 g/mol. The molecule has 0 saturated carbocycles. The van der Waals surface area contributed by atoms with Gasteiger partial charge in [-0.1, -0.05) is 13.0 Å². The van der Waals surface area contributed by atoms with Crippen LogP contribution in [0.5, 0.6) is 5.75 Å². The number of benzene rings is 1. The number of nitrogens with zero attached hydrogens (tertiary/aromatic N) is 2. The van der Waals surface area contributed by atoms with Crippen molar-refractivity contribution >= 4 is 11.6 Å². The molecule has 1 atom stereocenters. The lowest BCUT2D eigenvalue weighted by atomic mass is 10.0. The molecule has 1 fully saturated rings. The first-order valence-corrected chi connectivity index (χ1v) is 7.13. The maximum atomic E-state index is 12.1. The Morgan fingerprint density at radius 2 is 2.29 bits per heavy atom. The fraction of sp³-hybridized carbons (Fsp3) is 0.533. The molecule has 114 valence electrons. The van der Waals surface area contributed by atoms with Gasteiger partial charge in [-0.3, -0.25) is 14.9 Å². The van der Waals surface area contributed by atoms with Gasteiger partial charge in [0.2, 0.25) is 0 Å². The van der Waals surface area contributed by atoms with Gasteiger partial charge >= 0.3 is 5.69 Å². The van der Waals surface area contributed by atoms with Crippen LogP contribution in [0.15, 0.2) is 18.2 Å². The lowest BCUT2D eigenvalue weighted by Gasteiger charge is -2.30. The van der Waals surface area contributed by atoms with Gasteiger partial charge in [-0.2, -0.15) is 0 Å². The second kappa shape index (κ2) is 6.56. The standard InChI is InChI=1S/C15H20N2O4/c1-11-5-6-14(13(8-11)17(19)20)21-10-15(18)16-7-3-4-12(2)9-16/h5-6,8,12H,3-4,7,9-10H2,1-2H3. The van der Waals surface area contributed by atoms with Crippen molar-refractivity contribution in [1.29, 1.82) is 0 Å². The van der Waals surface area contributed by atoms with E-state index in [-0.39, 0.29) is 24.0 Å². The van der Waals surface area contributed by atoms with Crippen molar-refractivity contribution in [1.82, 2.24) is 4.90 Å². The Morgan fingerprint density at radius 3 is 2.95 bits per heavy atom.